The van der Waals surface area contributed by atoms with Gasteiger partial charge in [-0.2, -0.15) is 0 Å². The van der Waals surface area contributed by atoms with Crippen molar-refractivity contribution in [3.8, 4) is 5.75 Å². The lowest BCUT2D eigenvalue weighted by Crippen LogP contribution is -2.46. The van der Waals surface area contributed by atoms with E-state index in [4.69, 9.17) is 4.74 Å². The second-order valence-corrected chi connectivity index (χ2v) is 9.87. The molecule has 0 unspecified atom stereocenters. The Bertz CT molecular complexity index is 1260. The lowest BCUT2D eigenvalue weighted by atomic mass is 9.81. The Labute approximate surface area is 226 Å². The summed E-state index contributed by atoms with van der Waals surface area (Å²) in [5, 5.41) is 15.6. The number of carbonyl (C=O) groups is 6. The first-order valence-corrected chi connectivity index (χ1v) is 12.7. The summed E-state index contributed by atoms with van der Waals surface area (Å²) in [6, 6.07) is 12.1. The number of rotatable bonds is 9. The van der Waals surface area contributed by atoms with Crippen LogP contribution in [0.3, 0.4) is 0 Å². The van der Waals surface area contributed by atoms with E-state index in [1.54, 1.807) is 50.2 Å². The Morgan fingerprint density at radius 1 is 1.03 bits per heavy atom. The highest BCUT2D eigenvalue weighted by molar-refractivity contribution is 6.44. The molecule has 1 amide bonds. The molecule has 10 nitrogen and oxygen atoms in total. The summed E-state index contributed by atoms with van der Waals surface area (Å²) in [7, 11) is 0. The number of hydrogen-bond acceptors (Lipinski definition) is 9. The van der Waals surface area contributed by atoms with Crippen molar-refractivity contribution in [3.63, 3.8) is 0 Å². The van der Waals surface area contributed by atoms with Crippen LogP contribution < -0.4 is 10.6 Å². The molecular weight excluding hydrogens is 504 g/mol. The quantitative estimate of drug-likeness (QED) is 0.189. The van der Waals surface area contributed by atoms with Gasteiger partial charge in [-0.25, -0.2) is 0 Å². The number of Topliss-reactive ketones (excluding diaryl/α,β-unsaturated/α-hetero) is 4. The number of esters is 1. The minimum atomic E-state index is -1.35. The van der Waals surface area contributed by atoms with Crippen molar-refractivity contribution in [2.24, 2.45) is 17.8 Å². The standard InChI is InChI=1S/C29H32N2O8/c1-16(2)29(38)39-28-17(3)24(34)27(37)22(30-14-19-10-7-11-21(25(19)35)31-15-32)13-23(33)26(36)20(28)12-18-8-5-4-6-9-18/h4-11,15-17,20,22,28,30,35H,12-14H2,1-3H3,(H,31,32)/t17-,20+,22+,28-/m1/s1. The maximum absolute atomic E-state index is 13.5. The normalized spacial score (nSPS) is 22.2. The van der Waals surface area contributed by atoms with E-state index in [1.165, 1.54) is 19.1 Å². The van der Waals surface area contributed by atoms with Crippen LogP contribution in [0.2, 0.25) is 0 Å². The molecule has 0 saturated heterocycles. The fourth-order valence-corrected chi connectivity index (χ4v) is 4.47. The van der Waals surface area contributed by atoms with E-state index in [0.29, 0.717) is 17.5 Å². The SMILES string of the molecule is CC(C)C(=O)O[C@@H]1[C@H](C)C(=O)C(=O)[C@@H](NCc2cccc(NC=O)c2O)CC(=O)C(=O)[C@@H]1Cc1ccccc1. The number of phenols is 1. The third-order valence-corrected chi connectivity index (χ3v) is 6.76. The minimum absolute atomic E-state index is 0.0375. The van der Waals surface area contributed by atoms with Crippen LogP contribution in [0.5, 0.6) is 5.75 Å². The molecule has 206 valence electrons. The van der Waals surface area contributed by atoms with E-state index < -0.39 is 65.4 Å². The molecule has 1 aliphatic carbocycles. The van der Waals surface area contributed by atoms with Gasteiger partial charge in [-0.3, -0.25) is 28.8 Å². The highest BCUT2D eigenvalue weighted by Gasteiger charge is 2.46. The van der Waals surface area contributed by atoms with Crippen LogP contribution in [0.15, 0.2) is 48.5 Å². The van der Waals surface area contributed by atoms with Crippen LogP contribution in [0, 0.1) is 17.8 Å². The molecule has 4 atom stereocenters. The second-order valence-electron chi connectivity index (χ2n) is 9.87. The third kappa shape index (κ3) is 7.02. The summed E-state index contributed by atoms with van der Waals surface area (Å²) in [5.41, 5.74) is 1.13. The third-order valence-electron chi connectivity index (χ3n) is 6.76. The van der Waals surface area contributed by atoms with Crippen molar-refractivity contribution in [2.45, 2.75) is 52.3 Å². The summed E-state index contributed by atoms with van der Waals surface area (Å²) in [6.07, 6.45) is -1.47. The summed E-state index contributed by atoms with van der Waals surface area (Å²) < 4.78 is 5.62. The van der Waals surface area contributed by atoms with Crippen LogP contribution in [0.25, 0.3) is 0 Å². The molecular formula is C29H32N2O8. The molecule has 39 heavy (non-hydrogen) atoms. The Hall–Kier alpha value is -4.18. The molecule has 1 aliphatic rings. The van der Waals surface area contributed by atoms with Crippen molar-refractivity contribution >= 4 is 41.2 Å². The molecule has 3 N–H and O–H groups in total. The van der Waals surface area contributed by atoms with Crippen LogP contribution in [-0.2, 0) is 46.5 Å². The zero-order valence-electron chi connectivity index (χ0n) is 22.0. The monoisotopic (exact) mass is 536 g/mol. The molecule has 1 fully saturated rings. The topological polar surface area (TPSA) is 156 Å². The van der Waals surface area contributed by atoms with Crippen molar-refractivity contribution in [1.29, 1.82) is 0 Å². The Balaban J connectivity index is 1.95. The predicted octanol–water partition coefficient (Wildman–Crippen LogP) is 2.16. The molecule has 0 radical (unpaired) electrons. The number of benzene rings is 2. The van der Waals surface area contributed by atoms with Gasteiger partial charge in [-0.1, -0.05) is 63.2 Å². The molecule has 10 heteroatoms. The zero-order chi connectivity index (χ0) is 28.7. The molecule has 0 aliphatic heterocycles. The molecule has 1 saturated carbocycles. The van der Waals surface area contributed by atoms with Crippen molar-refractivity contribution in [1.82, 2.24) is 5.32 Å². The molecule has 2 aromatic carbocycles. The number of phenolic OH excluding ortho intramolecular Hbond substituents is 1. The maximum atomic E-state index is 13.5. The van der Waals surface area contributed by atoms with Gasteiger partial charge < -0.3 is 20.5 Å². The van der Waals surface area contributed by atoms with Gasteiger partial charge in [0.1, 0.15) is 11.9 Å². The zero-order valence-corrected chi connectivity index (χ0v) is 22.0. The van der Waals surface area contributed by atoms with Crippen LogP contribution in [0.4, 0.5) is 5.69 Å². The average molecular weight is 537 g/mol. The van der Waals surface area contributed by atoms with E-state index in [9.17, 15) is 33.9 Å². The van der Waals surface area contributed by atoms with Crippen LogP contribution in [0.1, 0.15) is 38.3 Å². The van der Waals surface area contributed by atoms with Crippen molar-refractivity contribution in [3.05, 3.63) is 59.7 Å². The Morgan fingerprint density at radius 3 is 2.36 bits per heavy atom. The minimum Gasteiger partial charge on any atom is -0.505 e. The number of anilines is 1. The molecule has 0 aromatic heterocycles. The van der Waals surface area contributed by atoms with E-state index in [-0.39, 0.29) is 24.4 Å². The molecule has 0 heterocycles. The molecule has 0 bridgehead atoms. The van der Waals surface area contributed by atoms with E-state index in [0.717, 1.165) is 0 Å². The smallest absolute Gasteiger partial charge is 0.308 e. The lowest BCUT2D eigenvalue weighted by molar-refractivity contribution is -0.163. The number of ketones is 4. The molecule has 0 spiro atoms. The van der Waals surface area contributed by atoms with Gasteiger partial charge in [0.05, 0.1) is 29.5 Å². The van der Waals surface area contributed by atoms with Gasteiger partial charge in [-0.15, -0.1) is 0 Å². The summed E-state index contributed by atoms with van der Waals surface area (Å²) in [5.74, 6) is -7.35. The van der Waals surface area contributed by atoms with Gasteiger partial charge in [0, 0.05) is 18.5 Å². The summed E-state index contributed by atoms with van der Waals surface area (Å²) in [6.45, 7) is 4.47. The first-order chi connectivity index (χ1) is 18.5. The maximum Gasteiger partial charge on any atom is 0.308 e. The second kappa shape index (κ2) is 13.1. The summed E-state index contributed by atoms with van der Waals surface area (Å²) in [4.78, 5) is 76.6. The van der Waals surface area contributed by atoms with Gasteiger partial charge in [0.25, 0.3) is 0 Å². The van der Waals surface area contributed by atoms with E-state index >= 15 is 0 Å². The number of carbonyl (C=O) groups excluding carboxylic acids is 6. The number of hydrogen-bond donors (Lipinski definition) is 3. The van der Waals surface area contributed by atoms with Crippen molar-refractivity contribution < 1.29 is 38.6 Å². The highest BCUT2D eigenvalue weighted by atomic mass is 16.5. The van der Waals surface area contributed by atoms with Gasteiger partial charge in [0.2, 0.25) is 29.5 Å². The number of para-hydroxylation sites is 1. The van der Waals surface area contributed by atoms with Crippen molar-refractivity contribution in [2.75, 3.05) is 5.32 Å². The summed E-state index contributed by atoms with van der Waals surface area (Å²) >= 11 is 0. The number of amides is 1. The van der Waals surface area contributed by atoms with Crippen LogP contribution >= 0.6 is 0 Å². The predicted molar refractivity (Wildman–Crippen MR) is 141 cm³/mol. The first-order valence-electron chi connectivity index (χ1n) is 12.7. The molecule has 2 aromatic rings. The Morgan fingerprint density at radius 2 is 1.72 bits per heavy atom. The van der Waals surface area contributed by atoms with Gasteiger partial charge in [-0.05, 0) is 18.1 Å². The highest BCUT2D eigenvalue weighted by Crippen LogP contribution is 2.29. The van der Waals surface area contributed by atoms with E-state index in [2.05, 4.69) is 10.6 Å². The van der Waals surface area contributed by atoms with E-state index in [1.807, 2.05) is 0 Å². The fraction of sp³-hybridized carbons (Fsp3) is 0.379. The van der Waals surface area contributed by atoms with Gasteiger partial charge >= 0.3 is 5.97 Å². The Kier molecular flexibility index (Phi) is 9.84. The molecule has 3 rings (SSSR count). The number of nitrogens with one attached hydrogen (secondary N) is 2. The lowest BCUT2D eigenvalue weighted by Gasteiger charge is -2.29. The average Bonchev–Trinajstić information content (AvgIpc) is 2.94. The number of ether oxygens (including phenoxy) is 1. The van der Waals surface area contributed by atoms with Crippen LogP contribution in [-0.4, -0.2) is 52.8 Å². The number of aromatic hydroxyl groups is 1. The fourth-order valence-electron chi connectivity index (χ4n) is 4.47. The first kappa shape index (κ1) is 29.4. The van der Waals surface area contributed by atoms with Gasteiger partial charge in [0.15, 0.2) is 0 Å². The largest absolute Gasteiger partial charge is 0.505 e.